The molecule has 0 aliphatic carbocycles. The number of benzene rings is 1. The topological polar surface area (TPSA) is 29.3 Å². The van der Waals surface area contributed by atoms with Crippen LogP contribution in [0.2, 0.25) is 5.02 Å². The van der Waals surface area contributed by atoms with Gasteiger partial charge in [-0.15, -0.1) is 0 Å². The second-order valence-corrected chi connectivity index (χ2v) is 4.77. The van der Waals surface area contributed by atoms with Gasteiger partial charge in [-0.05, 0) is 32.3 Å². The summed E-state index contributed by atoms with van der Waals surface area (Å²) < 4.78 is 13.2. The summed E-state index contributed by atoms with van der Waals surface area (Å²) >= 11 is 5.80. The molecular weight excluding hydrogens is 227 g/mol. The lowest BCUT2D eigenvalue weighted by atomic mass is 10.0. The molecule has 1 atom stereocenters. The van der Waals surface area contributed by atoms with Crippen molar-refractivity contribution in [3.63, 3.8) is 0 Å². The van der Waals surface area contributed by atoms with Crippen molar-refractivity contribution in [2.75, 3.05) is 17.2 Å². The minimum atomic E-state index is -0.451. The van der Waals surface area contributed by atoms with Crippen molar-refractivity contribution in [3.05, 3.63) is 23.0 Å². The molecule has 1 aromatic carbocycles. The zero-order valence-electron chi connectivity index (χ0n) is 9.34. The first-order chi connectivity index (χ1) is 7.59. The Morgan fingerprint density at radius 3 is 2.88 bits per heavy atom. The van der Waals surface area contributed by atoms with Crippen LogP contribution in [0.3, 0.4) is 0 Å². The van der Waals surface area contributed by atoms with Gasteiger partial charge in [-0.2, -0.15) is 0 Å². The lowest BCUT2D eigenvalue weighted by molar-refractivity contribution is 0.485. The van der Waals surface area contributed by atoms with Gasteiger partial charge in [0.25, 0.3) is 0 Å². The molecule has 1 heterocycles. The molecule has 1 unspecified atom stereocenters. The molecule has 2 nitrogen and oxygen atoms in total. The first-order valence-electron chi connectivity index (χ1n) is 5.60. The lowest BCUT2D eigenvalue weighted by Gasteiger charge is -2.36. The molecular formula is C12H16ClFN2. The number of hydrogen-bond acceptors (Lipinski definition) is 2. The minimum Gasteiger partial charge on any atom is -0.397 e. The molecule has 4 heteroatoms. The Morgan fingerprint density at radius 2 is 2.19 bits per heavy atom. The summed E-state index contributed by atoms with van der Waals surface area (Å²) in [5, 5.41) is 0.141. The molecule has 1 aliphatic rings. The molecule has 1 saturated heterocycles. The Bertz CT molecular complexity index is 395. The van der Waals surface area contributed by atoms with E-state index in [0.29, 0.717) is 11.7 Å². The summed E-state index contributed by atoms with van der Waals surface area (Å²) in [5.74, 6) is -0.451. The Hall–Kier alpha value is -0.960. The van der Waals surface area contributed by atoms with Crippen LogP contribution in [-0.2, 0) is 0 Å². The smallest absolute Gasteiger partial charge is 0.143 e. The van der Waals surface area contributed by atoms with Gasteiger partial charge in [0.1, 0.15) is 5.82 Å². The van der Waals surface area contributed by atoms with Crippen molar-refractivity contribution in [1.82, 2.24) is 0 Å². The molecule has 0 saturated carbocycles. The zero-order chi connectivity index (χ0) is 11.7. The van der Waals surface area contributed by atoms with Crippen LogP contribution in [0.15, 0.2) is 12.1 Å². The normalized spacial score (nSPS) is 21.2. The van der Waals surface area contributed by atoms with Crippen LogP contribution in [0.4, 0.5) is 15.8 Å². The monoisotopic (exact) mass is 242 g/mol. The maximum atomic E-state index is 13.2. The predicted molar refractivity (Wildman–Crippen MR) is 66.5 cm³/mol. The zero-order valence-corrected chi connectivity index (χ0v) is 10.1. The van der Waals surface area contributed by atoms with Crippen LogP contribution in [0.5, 0.6) is 0 Å². The van der Waals surface area contributed by atoms with Crippen molar-refractivity contribution in [1.29, 1.82) is 0 Å². The van der Waals surface area contributed by atoms with E-state index in [9.17, 15) is 4.39 Å². The van der Waals surface area contributed by atoms with Gasteiger partial charge < -0.3 is 10.6 Å². The molecule has 0 spiro atoms. The molecule has 2 N–H and O–H groups in total. The van der Waals surface area contributed by atoms with Crippen molar-refractivity contribution >= 4 is 23.0 Å². The third-order valence-corrected chi connectivity index (χ3v) is 3.47. The number of nitrogens with two attached hydrogens (primary N) is 1. The number of rotatable bonds is 1. The molecule has 1 aromatic rings. The van der Waals surface area contributed by atoms with E-state index in [2.05, 4.69) is 11.8 Å². The summed E-state index contributed by atoms with van der Waals surface area (Å²) in [4.78, 5) is 2.21. The fourth-order valence-corrected chi connectivity index (χ4v) is 2.41. The maximum Gasteiger partial charge on any atom is 0.143 e. The second kappa shape index (κ2) is 4.50. The van der Waals surface area contributed by atoms with E-state index < -0.39 is 5.82 Å². The molecule has 88 valence electrons. The highest BCUT2D eigenvalue weighted by Crippen LogP contribution is 2.33. The number of anilines is 2. The van der Waals surface area contributed by atoms with Gasteiger partial charge in [0.05, 0.1) is 16.4 Å². The molecule has 0 radical (unpaired) electrons. The van der Waals surface area contributed by atoms with Crippen molar-refractivity contribution in [3.8, 4) is 0 Å². The first kappa shape index (κ1) is 11.5. The van der Waals surface area contributed by atoms with Crippen LogP contribution in [-0.4, -0.2) is 12.6 Å². The molecule has 0 bridgehead atoms. The largest absolute Gasteiger partial charge is 0.397 e. The van der Waals surface area contributed by atoms with E-state index in [1.807, 2.05) is 0 Å². The van der Waals surface area contributed by atoms with Gasteiger partial charge in [0, 0.05) is 18.7 Å². The molecule has 0 amide bonds. The van der Waals surface area contributed by atoms with E-state index in [1.165, 1.54) is 12.5 Å². The number of nitrogen functional groups attached to an aromatic ring is 1. The summed E-state index contributed by atoms with van der Waals surface area (Å²) in [6, 6.07) is 3.38. The molecule has 1 fully saturated rings. The summed E-state index contributed by atoms with van der Waals surface area (Å²) in [6.07, 6.45) is 3.54. The standard InChI is InChI=1S/C12H16ClFN2/c1-8-4-2-3-5-16(8)12-6-9(13)10(14)7-11(12)15/h6-8H,2-5,15H2,1H3. The van der Waals surface area contributed by atoms with Crippen LogP contribution < -0.4 is 10.6 Å². The van der Waals surface area contributed by atoms with Crippen molar-refractivity contribution in [2.45, 2.75) is 32.2 Å². The van der Waals surface area contributed by atoms with Gasteiger partial charge in [0.15, 0.2) is 0 Å². The fraction of sp³-hybridized carbons (Fsp3) is 0.500. The van der Waals surface area contributed by atoms with Gasteiger partial charge in [-0.3, -0.25) is 0 Å². The van der Waals surface area contributed by atoms with E-state index in [0.717, 1.165) is 25.1 Å². The second-order valence-electron chi connectivity index (χ2n) is 4.36. The molecule has 0 aromatic heterocycles. The van der Waals surface area contributed by atoms with Crippen molar-refractivity contribution < 1.29 is 4.39 Å². The first-order valence-corrected chi connectivity index (χ1v) is 5.98. The minimum absolute atomic E-state index is 0.141. The molecule has 16 heavy (non-hydrogen) atoms. The highest BCUT2D eigenvalue weighted by atomic mass is 35.5. The van der Waals surface area contributed by atoms with Crippen LogP contribution >= 0.6 is 11.6 Å². The van der Waals surface area contributed by atoms with Gasteiger partial charge in [-0.1, -0.05) is 11.6 Å². The average molecular weight is 243 g/mol. The third kappa shape index (κ3) is 2.09. The van der Waals surface area contributed by atoms with Crippen LogP contribution in [0, 0.1) is 5.82 Å². The number of halogens is 2. The Labute approximate surface area is 100 Å². The number of hydrogen-bond donors (Lipinski definition) is 1. The third-order valence-electron chi connectivity index (χ3n) is 3.18. The summed E-state index contributed by atoms with van der Waals surface area (Å²) in [5.41, 5.74) is 7.17. The SMILES string of the molecule is CC1CCCCN1c1cc(Cl)c(F)cc1N. The summed E-state index contributed by atoms with van der Waals surface area (Å²) in [6.45, 7) is 3.13. The van der Waals surface area contributed by atoms with Crippen LogP contribution in [0.1, 0.15) is 26.2 Å². The Kier molecular flexibility index (Phi) is 3.24. The Balaban J connectivity index is 2.35. The van der Waals surface area contributed by atoms with Gasteiger partial charge in [0.2, 0.25) is 0 Å². The maximum absolute atomic E-state index is 13.2. The average Bonchev–Trinajstić information content (AvgIpc) is 2.25. The van der Waals surface area contributed by atoms with E-state index >= 15 is 0 Å². The van der Waals surface area contributed by atoms with Crippen LogP contribution in [0.25, 0.3) is 0 Å². The van der Waals surface area contributed by atoms with E-state index in [1.54, 1.807) is 6.07 Å². The lowest BCUT2D eigenvalue weighted by Crippen LogP contribution is -2.37. The highest BCUT2D eigenvalue weighted by molar-refractivity contribution is 6.31. The van der Waals surface area contributed by atoms with Gasteiger partial charge in [-0.25, -0.2) is 4.39 Å². The van der Waals surface area contributed by atoms with Crippen molar-refractivity contribution in [2.24, 2.45) is 0 Å². The fourth-order valence-electron chi connectivity index (χ4n) is 2.26. The number of piperidine rings is 1. The van der Waals surface area contributed by atoms with Gasteiger partial charge >= 0.3 is 0 Å². The number of nitrogens with zero attached hydrogens (tertiary/aromatic N) is 1. The highest BCUT2D eigenvalue weighted by Gasteiger charge is 2.21. The van der Waals surface area contributed by atoms with E-state index in [-0.39, 0.29) is 5.02 Å². The summed E-state index contributed by atoms with van der Waals surface area (Å²) in [7, 11) is 0. The quantitative estimate of drug-likeness (QED) is 0.765. The predicted octanol–water partition coefficient (Wildman–Crippen LogP) is 3.44. The molecule has 2 rings (SSSR count). The molecule has 1 aliphatic heterocycles. The Morgan fingerprint density at radius 1 is 1.44 bits per heavy atom. The van der Waals surface area contributed by atoms with E-state index in [4.69, 9.17) is 17.3 Å².